The zero-order valence-electron chi connectivity index (χ0n) is 8.09. The molecule has 1 aromatic carbocycles. The minimum absolute atomic E-state index is 0.372. The summed E-state index contributed by atoms with van der Waals surface area (Å²) in [5, 5.41) is 10.2. The van der Waals surface area contributed by atoms with Gasteiger partial charge in [-0.1, -0.05) is 0 Å². The summed E-state index contributed by atoms with van der Waals surface area (Å²) in [6.07, 6.45) is 0.372. The molecule has 0 saturated heterocycles. The molecular weight excluding hydrogens is 200 g/mol. The van der Waals surface area contributed by atoms with E-state index in [0.717, 1.165) is 11.8 Å². The van der Waals surface area contributed by atoms with Gasteiger partial charge < -0.3 is 0 Å². The van der Waals surface area contributed by atoms with E-state index >= 15 is 0 Å². The molecule has 0 aliphatic rings. The maximum Gasteiger partial charge on any atom is 0.126 e. The van der Waals surface area contributed by atoms with Crippen LogP contribution in [0.2, 0.25) is 0 Å². The van der Waals surface area contributed by atoms with E-state index in [1.807, 2.05) is 0 Å². The minimum atomic E-state index is -0.578. The number of hydrogen-bond acceptors (Lipinski definition) is 2. The average molecular weight is 209 g/mol. The summed E-state index contributed by atoms with van der Waals surface area (Å²) < 4.78 is 25.7. The van der Waals surface area contributed by atoms with Crippen LogP contribution in [0.4, 0.5) is 8.78 Å². The van der Waals surface area contributed by atoms with Crippen LogP contribution in [0.5, 0.6) is 0 Å². The molecule has 78 valence electrons. The van der Waals surface area contributed by atoms with Crippen molar-refractivity contribution in [3.05, 3.63) is 46.8 Å². The van der Waals surface area contributed by atoms with Crippen LogP contribution in [0.15, 0.2) is 18.2 Å². The Hall–Kier alpha value is -1.78. The van der Waals surface area contributed by atoms with Crippen molar-refractivity contribution in [2.75, 3.05) is 0 Å². The van der Waals surface area contributed by atoms with Crippen LogP contribution >= 0.6 is 0 Å². The van der Waals surface area contributed by atoms with Gasteiger partial charge in [0.2, 0.25) is 0 Å². The fraction of sp³-hybridized carbons (Fsp3) is 0.200. The van der Waals surface area contributed by atoms with Gasteiger partial charge in [-0.2, -0.15) is 15.4 Å². The maximum atomic E-state index is 12.9. The van der Waals surface area contributed by atoms with Crippen molar-refractivity contribution in [3.63, 3.8) is 0 Å². The highest BCUT2D eigenvalue weighted by Crippen LogP contribution is 2.12. The van der Waals surface area contributed by atoms with E-state index in [1.165, 1.54) is 12.1 Å². The average Bonchev–Trinajstić information content (AvgIpc) is 2.50. The summed E-state index contributed by atoms with van der Waals surface area (Å²) in [4.78, 5) is 0. The van der Waals surface area contributed by atoms with E-state index in [-0.39, 0.29) is 0 Å². The first kappa shape index (κ1) is 9.76. The first-order chi connectivity index (χ1) is 7.15. The fourth-order valence-corrected chi connectivity index (χ4v) is 1.38. The second kappa shape index (κ2) is 3.76. The van der Waals surface area contributed by atoms with E-state index in [2.05, 4.69) is 15.4 Å². The van der Waals surface area contributed by atoms with E-state index in [1.54, 1.807) is 6.92 Å². The minimum Gasteiger partial charge on any atom is -0.207 e. The molecule has 0 unspecified atom stereocenters. The predicted molar refractivity (Wildman–Crippen MR) is 50.3 cm³/mol. The molecular formula is C10H9F2N3. The molecule has 0 spiro atoms. The number of aromatic nitrogens is 3. The van der Waals surface area contributed by atoms with E-state index in [0.29, 0.717) is 17.7 Å². The topological polar surface area (TPSA) is 41.6 Å². The number of nitrogens with zero attached hydrogens (tertiary/aromatic N) is 2. The summed E-state index contributed by atoms with van der Waals surface area (Å²) >= 11 is 0. The van der Waals surface area contributed by atoms with Crippen molar-refractivity contribution in [1.82, 2.24) is 15.4 Å². The first-order valence-corrected chi connectivity index (χ1v) is 4.46. The Morgan fingerprint density at radius 3 is 2.33 bits per heavy atom. The van der Waals surface area contributed by atoms with Crippen LogP contribution in [0.25, 0.3) is 0 Å². The van der Waals surface area contributed by atoms with Crippen LogP contribution in [-0.2, 0) is 6.42 Å². The van der Waals surface area contributed by atoms with Gasteiger partial charge in [0.15, 0.2) is 0 Å². The molecule has 0 atom stereocenters. The molecule has 3 nitrogen and oxygen atoms in total. The number of aromatic amines is 1. The fourth-order valence-electron chi connectivity index (χ4n) is 1.38. The molecule has 0 bridgehead atoms. The lowest BCUT2D eigenvalue weighted by Gasteiger charge is -1.99. The molecule has 0 aliphatic carbocycles. The quantitative estimate of drug-likeness (QED) is 0.821. The molecule has 1 heterocycles. The largest absolute Gasteiger partial charge is 0.207 e. The van der Waals surface area contributed by atoms with Crippen molar-refractivity contribution in [1.29, 1.82) is 0 Å². The van der Waals surface area contributed by atoms with Gasteiger partial charge in [0.25, 0.3) is 0 Å². The van der Waals surface area contributed by atoms with Crippen molar-refractivity contribution in [2.45, 2.75) is 13.3 Å². The molecule has 0 aliphatic heterocycles. The van der Waals surface area contributed by atoms with Gasteiger partial charge in [-0.15, -0.1) is 0 Å². The van der Waals surface area contributed by atoms with Gasteiger partial charge in [0.05, 0.1) is 11.4 Å². The Bertz CT molecular complexity index is 459. The number of aryl methyl sites for hydroxylation is 1. The monoisotopic (exact) mass is 209 g/mol. The first-order valence-electron chi connectivity index (χ1n) is 4.46. The Morgan fingerprint density at radius 1 is 1.13 bits per heavy atom. The van der Waals surface area contributed by atoms with Gasteiger partial charge in [-0.3, -0.25) is 0 Å². The molecule has 1 N–H and O–H groups in total. The molecule has 2 rings (SSSR count). The third-order valence-corrected chi connectivity index (χ3v) is 2.11. The number of hydrogen-bond donors (Lipinski definition) is 1. The van der Waals surface area contributed by atoms with Crippen molar-refractivity contribution in [2.24, 2.45) is 0 Å². The van der Waals surface area contributed by atoms with Gasteiger partial charge >= 0.3 is 0 Å². The molecule has 0 radical (unpaired) electrons. The molecule has 0 saturated carbocycles. The van der Waals surface area contributed by atoms with Gasteiger partial charge in [-0.25, -0.2) is 8.78 Å². The third kappa shape index (κ3) is 2.18. The Morgan fingerprint density at radius 2 is 1.80 bits per heavy atom. The van der Waals surface area contributed by atoms with E-state index in [9.17, 15) is 8.78 Å². The summed E-state index contributed by atoms with van der Waals surface area (Å²) in [5.41, 5.74) is 1.98. The Balaban J connectivity index is 2.28. The van der Waals surface area contributed by atoms with Crippen LogP contribution in [0, 0.1) is 18.6 Å². The van der Waals surface area contributed by atoms with Crippen LogP contribution in [-0.4, -0.2) is 15.4 Å². The van der Waals surface area contributed by atoms with Crippen LogP contribution in [0.1, 0.15) is 17.0 Å². The molecule has 2 aromatic rings. The lowest BCUT2D eigenvalue weighted by molar-refractivity contribution is 0.580. The summed E-state index contributed by atoms with van der Waals surface area (Å²) in [6.45, 7) is 1.79. The van der Waals surface area contributed by atoms with Gasteiger partial charge in [0, 0.05) is 12.5 Å². The number of nitrogens with one attached hydrogen (secondary N) is 1. The van der Waals surface area contributed by atoms with Crippen molar-refractivity contribution >= 4 is 0 Å². The zero-order valence-corrected chi connectivity index (χ0v) is 8.09. The Labute approximate surface area is 85.1 Å². The predicted octanol–water partition coefficient (Wildman–Crippen LogP) is 1.98. The summed E-state index contributed by atoms with van der Waals surface area (Å²) in [5.74, 6) is -1.16. The van der Waals surface area contributed by atoms with Crippen LogP contribution in [0.3, 0.4) is 0 Å². The number of halogens is 2. The number of benzene rings is 1. The smallest absolute Gasteiger partial charge is 0.126 e. The summed E-state index contributed by atoms with van der Waals surface area (Å²) in [7, 11) is 0. The summed E-state index contributed by atoms with van der Waals surface area (Å²) in [6, 6.07) is 3.42. The number of H-pyrrole nitrogens is 1. The van der Waals surface area contributed by atoms with Gasteiger partial charge in [0.1, 0.15) is 11.6 Å². The molecule has 0 fully saturated rings. The van der Waals surface area contributed by atoms with Crippen LogP contribution < -0.4 is 0 Å². The standard InChI is InChI=1S/C10H9F2N3/c1-6-10(14-15-13-6)4-7-2-8(11)5-9(12)3-7/h2-3,5H,4H2,1H3,(H,13,14,15). The van der Waals surface area contributed by atoms with Crippen molar-refractivity contribution in [3.8, 4) is 0 Å². The number of rotatable bonds is 2. The second-order valence-corrected chi connectivity index (χ2v) is 3.31. The lowest BCUT2D eigenvalue weighted by Crippen LogP contribution is -1.93. The second-order valence-electron chi connectivity index (χ2n) is 3.31. The molecule has 0 amide bonds. The molecule has 5 heteroatoms. The lowest BCUT2D eigenvalue weighted by atomic mass is 10.1. The third-order valence-electron chi connectivity index (χ3n) is 2.11. The van der Waals surface area contributed by atoms with E-state index < -0.39 is 11.6 Å². The molecule has 1 aromatic heterocycles. The zero-order chi connectivity index (χ0) is 10.8. The molecule has 15 heavy (non-hydrogen) atoms. The Kier molecular flexibility index (Phi) is 2.45. The highest BCUT2D eigenvalue weighted by atomic mass is 19.1. The van der Waals surface area contributed by atoms with Crippen molar-refractivity contribution < 1.29 is 8.78 Å². The maximum absolute atomic E-state index is 12.9. The normalized spacial score (nSPS) is 10.6. The highest BCUT2D eigenvalue weighted by Gasteiger charge is 2.06. The SMILES string of the molecule is Cc1n[nH]nc1Cc1cc(F)cc(F)c1. The van der Waals surface area contributed by atoms with Gasteiger partial charge in [-0.05, 0) is 24.6 Å². The van der Waals surface area contributed by atoms with E-state index in [4.69, 9.17) is 0 Å². The highest BCUT2D eigenvalue weighted by molar-refractivity contribution is 5.24.